The summed E-state index contributed by atoms with van der Waals surface area (Å²) in [5.41, 5.74) is 0.469. The number of carboxylic acid groups (broad SMARTS) is 1. The Labute approximate surface area is 115 Å². The molecule has 104 valence electrons. The SMILES string of the molecule is C/C1=C\CC(C)(C)[C@H](C#N)[C@H]2[C@@H](CC1)[C@]2(C)C(=O)O. The molecule has 3 heteroatoms. The first-order valence-corrected chi connectivity index (χ1v) is 7.03. The fourth-order valence-corrected chi connectivity index (χ4v) is 3.79. The van der Waals surface area contributed by atoms with Crippen LogP contribution in [0.5, 0.6) is 0 Å². The van der Waals surface area contributed by atoms with Crippen LogP contribution in [-0.2, 0) is 4.79 Å². The quantitative estimate of drug-likeness (QED) is 0.733. The summed E-state index contributed by atoms with van der Waals surface area (Å²) in [7, 11) is 0. The lowest BCUT2D eigenvalue weighted by molar-refractivity contribution is -0.144. The van der Waals surface area contributed by atoms with Gasteiger partial charge in [-0.3, -0.25) is 4.79 Å². The fourth-order valence-electron chi connectivity index (χ4n) is 3.79. The Hall–Kier alpha value is -1.30. The van der Waals surface area contributed by atoms with Gasteiger partial charge in [-0.1, -0.05) is 25.5 Å². The third-order valence-electron chi connectivity index (χ3n) is 5.41. The minimum Gasteiger partial charge on any atom is -0.481 e. The van der Waals surface area contributed by atoms with Gasteiger partial charge in [-0.2, -0.15) is 5.26 Å². The molecule has 2 aliphatic carbocycles. The molecule has 1 N–H and O–H groups in total. The van der Waals surface area contributed by atoms with Gasteiger partial charge in [0.25, 0.3) is 0 Å². The topological polar surface area (TPSA) is 61.1 Å². The van der Waals surface area contributed by atoms with E-state index in [1.807, 2.05) is 6.92 Å². The third-order valence-corrected chi connectivity index (χ3v) is 5.41. The molecular formula is C16H23NO2. The average Bonchev–Trinajstić information content (AvgIpc) is 2.90. The number of nitrogens with zero attached hydrogens (tertiary/aromatic N) is 1. The van der Waals surface area contributed by atoms with Crippen LogP contribution in [0, 0.1) is 39.9 Å². The summed E-state index contributed by atoms with van der Waals surface area (Å²) < 4.78 is 0. The second kappa shape index (κ2) is 4.37. The highest BCUT2D eigenvalue weighted by molar-refractivity contribution is 5.79. The molecule has 0 unspecified atom stereocenters. The van der Waals surface area contributed by atoms with E-state index < -0.39 is 11.4 Å². The molecule has 0 spiro atoms. The summed E-state index contributed by atoms with van der Waals surface area (Å²) in [6.07, 6.45) is 4.94. The van der Waals surface area contributed by atoms with Gasteiger partial charge in [-0.05, 0) is 50.4 Å². The highest BCUT2D eigenvalue weighted by Crippen LogP contribution is 2.67. The number of carbonyl (C=O) groups is 1. The highest BCUT2D eigenvalue weighted by atomic mass is 16.4. The van der Waals surface area contributed by atoms with Crippen LogP contribution in [0.3, 0.4) is 0 Å². The normalized spacial score (nSPS) is 43.5. The number of hydrogen-bond donors (Lipinski definition) is 1. The van der Waals surface area contributed by atoms with Crippen molar-refractivity contribution in [2.24, 2.45) is 28.6 Å². The van der Waals surface area contributed by atoms with Crippen molar-refractivity contribution in [3.8, 4) is 6.07 Å². The number of hydrogen-bond acceptors (Lipinski definition) is 2. The molecule has 3 nitrogen and oxygen atoms in total. The Bertz CT molecular complexity index is 472. The number of aliphatic carboxylic acids is 1. The van der Waals surface area contributed by atoms with E-state index in [1.54, 1.807) is 0 Å². The molecule has 0 heterocycles. The van der Waals surface area contributed by atoms with Crippen LogP contribution >= 0.6 is 0 Å². The van der Waals surface area contributed by atoms with Crippen molar-refractivity contribution in [3.63, 3.8) is 0 Å². The van der Waals surface area contributed by atoms with Gasteiger partial charge in [-0.25, -0.2) is 0 Å². The van der Waals surface area contributed by atoms with Gasteiger partial charge in [-0.15, -0.1) is 0 Å². The van der Waals surface area contributed by atoms with Crippen molar-refractivity contribution in [2.45, 2.75) is 47.0 Å². The second-order valence-electron chi connectivity index (χ2n) is 7.11. The smallest absolute Gasteiger partial charge is 0.309 e. The molecule has 1 saturated carbocycles. The van der Waals surface area contributed by atoms with E-state index in [1.165, 1.54) is 5.57 Å². The zero-order valence-electron chi connectivity index (χ0n) is 12.2. The molecule has 0 aliphatic heterocycles. The largest absolute Gasteiger partial charge is 0.481 e. The zero-order valence-corrected chi connectivity index (χ0v) is 12.2. The molecule has 0 radical (unpaired) electrons. The lowest BCUT2D eigenvalue weighted by Crippen LogP contribution is -2.28. The Balaban J connectivity index is 2.40. The van der Waals surface area contributed by atoms with Crippen molar-refractivity contribution >= 4 is 5.97 Å². The minimum absolute atomic E-state index is 0.00398. The van der Waals surface area contributed by atoms with Crippen LogP contribution < -0.4 is 0 Å². The van der Waals surface area contributed by atoms with E-state index in [9.17, 15) is 15.2 Å². The lowest BCUT2D eigenvalue weighted by atomic mass is 9.72. The van der Waals surface area contributed by atoms with Gasteiger partial charge < -0.3 is 5.11 Å². The number of nitriles is 1. The van der Waals surface area contributed by atoms with Crippen LogP contribution in [0.2, 0.25) is 0 Å². The molecular weight excluding hydrogens is 238 g/mol. The van der Waals surface area contributed by atoms with Gasteiger partial charge in [0, 0.05) is 0 Å². The number of allylic oxidation sites excluding steroid dienone is 2. The standard InChI is InChI=1S/C16H23NO2/c1-10-5-6-11-13(16(11,4)14(18)19)12(9-17)15(2,3)8-7-10/h7,11-13H,5-6,8H2,1-4H3,(H,18,19)/b10-7+/t11-,12-,13-,16+/m1/s1. The summed E-state index contributed by atoms with van der Waals surface area (Å²) in [5, 5.41) is 19.1. The molecule has 1 fully saturated rings. The van der Waals surface area contributed by atoms with Gasteiger partial charge in [0.05, 0.1) is 17.4 Å². The first kappa shape index (κ1) is 14.1. The zero-order chi connectivity index (χ0) is 14.4. The minimum atomic E-state index is -0.735. The molecule has 2 rings (SSSR count). The second-order valence-corrected chi connectivity index (χ2v) is 7.11. The highest BCUT2D eigenvalue weighted by Gasteiger charge is 2.70. The van der Waals surface area contributed by atoms with Gasteiger partial charge >= 0.3 is 5.97 Å². The number of carboxylic acids is 1. The lowest BCUT2D eigenvalue weighted by Gasteiger charge is -2.30. The van der Waals surface area contributed by atoms with Crippen molar-refractivity contribution in [2.75, 3.05) is 0 Å². The number of rotatable bonds is 1. The van der Waals surface area contributed by atoms with Crippen molar-refractivity contribution in [3.05, 3.63) is 11.6 Å². The van der Waals surface area contributed by atoms with Gasteiger partial charge in [0.15, 0.2) is 0 Å². The maximum atomic E-state index is 11.6. The predicted molar refractivity (Wildman–Crippen MR) is 73.2 cm³/mol. The maximum Gasteiger partial charge on any atom is 0.309 e. The molecule has 0 aromatic heterocycles. The molecule has 0 bridgehead atoms. The number of fused-ring (bicyclic) bond motifs is 1. The van der Waals surface area contributed by atoms with Gasteiger partial charge in [0.1, 0.15) is 0 Å². The third kappa shape index (κ3) is 2.08. The Morgan fingerprint density at radius 3 is 2.63 bits per heavy atom. The van der Waals surface area contributed by atoms with E-state index in [2.05, 4.69) is 32.9 Å². The molecule has 0 aromatic carbocycles. The molecule has 0 amide bonds. The van der Waals surface area contributed by atoms with Crippen LogP contribution in [0.4, 0.5) is 0 Å². The predicted octanol–water partition coefficient (Wildman–Crippen LogP) is 3.62. The molecule has 0 saturated heterocycles. The summed E-state index contributed by atoms with van der Waals surface area (Å²) in [6, 6.07) is 2.41. The average molecular weight is 261 g/mol. The molecule has 2 aliphatic rings. The Morgan fingerprint density at radius 1 is 1.47 bits per heavy atom. The first-order valence-electron chi connectivity index (χ1n) is 7.03. The fraction of sp³-hybridized carbons (Fsp3) is 0.750. The Kier molecular flexibility index (Phi) is 3.24. The summed E-state index contributed by atoms with van der Waals surface area (Å²) in [6.45, 7) is 8.12. The van der Waals surface area contributed by atoms with E-state index in [0.717, 1.165) is 19.3 Å². The summed E-state index contributed by atoms with van der Waals surface area (Å²) in [4.78, 5) is 11.6. The molecule has 19 heavy (non-hydrogen) atoms. The maximum absolute atomic E-state index is 11.6. The van der Waals surface area contributed by atoms with Crippen molar-refractivity contribution < 1.29 is 9.90 Å². The van der Waals surface area contributed by atoms with E-state index in [0.29, 0.717) is 0 Å². The monoisotopic (exact) mass is 261 g/mol. The Morgan fingerprint density at radius 2 is 2.11 bits per heavy atom. The van der Waals surface area contributed by atoms with Crippen molar-refractivity contribution in [1.29, 1.82) is 5.26 Å². The van der Waals surface area contributed by atoms with E-state index >= 15 is 0 Å². The van der Waals surface area contributed by atoms with E-state index in [4.69, 9.17) is 0 Å². The van der Waals surface area contributed by atoms with Crippen molar-refractivity contribution in [1.82, 2.24) is 0 Å². The van der Waals surface area contributed by atoms with Crippen LogP contribution in [-0.4, -0.2) is 11.1 Å². The van der Waals surface area contributed by atoms with Gasteiger partial charge in [0.2, 0.25) is 0 Å². The van der Waals surface area contributed by atoms with Crippen LogP contribution in [0.1, 0.15) is 47.0 Å². The van der Waals surface area contributed by atoms with E-state index in [-0.39, 0.29) is 23.2 Å². The van der Waals surface area contributed by atoms with Crippen LogP contribution in [0.15, 0.2) is 11.6 Å². The summed E-state index contributed by atoms with van der Waals surface area (Å²) in [5.74, 6) is -0.763. The molecule has 4 atom stereocenters. The summed E-state index contributed by atoms with van der Waals surface area (Å²) >= 11 is 0. The molecule has 0 aromatic rings. The van der Waals surface area contributed by atoms with Crippen LogP contribution in [0.25, 0.3) is 0 Å². The first-order chi connectivity index (χ1) is 8.75.